The Balaban J connectivity index is 1.96. The van der Waals surface area contributed by atoms with Gasteiger partial charge in [-0.1, -0.05) is 18.2 Å². The average molecular weight is 494 g/mol. The van der Waals surface area contributed by atoms with E-state index in [1.807, 2.05) is 0 Å². The van der Waals surface area contributed by atoms with Crippen LogP contribution in [0, 0.1) is 13.5 Å². The SMILES string of the molecule is [C-]#[N+]c1ccc(-n2nccc2-c2c(C)n(-c3cccc(C(F)(F)F)c3)c(=O)n2CC(=O)N(C)C)cc1. The van der Waals surface area contributed by atoms with Crippen molar-refractivity contribution in [2.75, 3.05) is 14.1 Å². The van der Waals surface area contributed by atoms with Crippen LogP contribution in [0.15, 0.2) is 65.6 Å². The van der Waals surface area contributed by atoms with Crippen LogP contribution < -0.4 is 5.69 Å². The maximum absolute atomic E-state index is 13.6. The molecule has 4 rings (SSSR count). The highest BCUT2D eigenvalue weighted by Gasteiger charge is 2.31. The van der Waals surface area contributed by atoms with E-state index in [2.05, 4.69) is 9.94 Å². The van der Waals surface area contributed by atoms with Crippen LogP contribution in [0.4, 0.5) is 18.9 Å². The number of halogens is 3. The molecule has 36 heavy (non-hydrogen) atoms. The minimum Gasteiger partial charge on any atom is -0.347 e. The molecule has 2 aromatic carbocycles. The fourth-order valence-corrected chi connectivity index (χ4v) is 3.89. The highest BCUT2D eigenvalue weighted by atomic mass is 19.4. The molecule has 0 bridgehead atoms. The molecule has 2 heterocycles. The maximum atomic E-state index is 13.6. The second-order valence-electron chi connectivity index (χ2n) is 8.23. The van der Waals surface area contributed by atoms with E-state index in [0.29, 0.717) is 28.5 Å². The second-order valence-corrected chi connectivity index (χ2v) is 8.23. The van der Waals surface area contributed by atoms with Crippen LogP contribution in [0.1, 0.15) is 11.3 Å². The summed E-state index contributed by atoms with van der Waals surface area (Å²) < 4.78 is 44.1. The molecule has 4 aromatic rings. The van der Waals surface area contributed by atoms with Gasteiger partial charge in [0, 0.05) is 14.1 Å². The van der Waals surface area contributed by atoms with Crippen molar-refractivity contribution in [3.63, 3.8) is 0 Å². The molecule has 0 radical (unpaired) electrons. The smallest absolute Gasteiger partial charge is 0.347 e. The Morgan fingerprint density at radius 3 is 2.39 bits per heavy atom. The molecule has 8 nitrogen and oxygen atoms in total. The van der Waals surface area contributed by atoms with E-state index < -0.39 is 17.4 Å². The highest BCUT2D eigenvalue weighted by molar-refractivity contribution is 5.76. The van der Waals surface area contributed by atoms with Crippen molar-refractivity contribution < 1.29 is 18.0 Å². The third-order valence-corrected chi connectivity index (χ3v) is 5.70. The monoisotopic (exact) mass is 494 g/mol. The van der Waals surface area contributed by atoms with Crippen LogP contribution >= 0.6 is 0 Å². The maximum Gasteiger partial charge on any atom is 0.416 e. The lowest BCUT2D eigenvalue weighted by Gasteiger charge is -2.14. The van der Waals surface area contributed by atoms with Gasteiger partial charge in [-0.3, -0.25) is 13.9 Å². The molecule has 0 fully saturated rings. The Labute approximate surface area is 204 Å². The predicted octanol–water partition coefficient (Wildman–Crippen LogP) is 4.46. The van der Waals surface area contributed by atoms with E-state index in [4.69, 9.17) is 6.57 Å². The normalized spacial score (nSPS) is 11.4. The van der Waals surface area contributed by atoms with Gasteiger partial charge in [0.15, 0.2) is 5.69 Å². The van der Waals surface area contributed by atoms with Crippen LogP contribution in [0.2, 0.25) is 0 Å². The average Bonchev–Trinajstić information content (AvgIpc) is 3.41. The predicted molar refractivity (Wildman–Crippen MR) is 127 cm³/mol. The molecule has 0 saturated carbocycles. The summed E-state index contributed by atoms with van der Waals surface area (Å²) in [5.41, 5.74) is 0.640. The van der Waals surface area contributed by atoms with Crippen molar-refractivity contribution in [1.82, 2.24) is 23.8 Å². The summed E-state index contributed by atoms with van der Waals surface area (Å²) in [6, 6.07) is 12.7. The third kappa shape index (κ3) is 4.40. The van der Waals surface area contributed by atoms with Crippen LogP contribution in [-0.4, -0.2) is 43.8 Å². The van der Waals surface area contributed by atoms with Crippen molar-refractivity contribution in [2.24, 2.45) is 0 Å². The minimum atomic E-state index is -4.59. The first kappa shape index (κ1) is 24.5. The number of imidazole rings is 1. The number of carbonyl (C=O) groups is 1. The molecule has 0 unspecified atom stereocenters. The largest absolute Gasteiger partial charge is 0.416 e. The summed E-state index contributed by atoms with van der Waals surface area (Å²) in [6.45, 7) is 8.42. The van der Waals surface area contributed by atoms with Gasteiger partial charge in [-0.05, 0) is 43.3 Å². The molecular formula is C25H21F3N6O2. The Kier molecular flexibility index (Phi) is 6.28. The lowest BCUT2D eigenvalue weighted by atomic mass is 10.2. The number of benzene rings is 2. The Morgan fingerprint density at radius 2 is 1.78 bits per heavy atom. The molecule has 0 spiro atoms. The van der Waals surface area contributed by atoms with Crippen molar-refractivity contribution in [3.05, 3.63) is 94.0 Å². The first-order valence-corrected chi connectivity index (χ1v) is 10.7. The van der Waals surface area contributed by atoms with Crippen LogP contribution in [0.5, 0.6) is 0 Å². The number of likely N-dealkylation sites (N-methyl/N-ethyl adjacent to an activating group) is 1. The zero-order valence-corrected chi connectivity index (χ0v) is 19.6. The lowest BCUT2D eigenvalue weighted by molar-refractivity contribution is -0.137. The van der Waals surface area contributed by atoms with E-state index in [1.54, 1.807) is 56.0 Å². The number of aromatic nitrogens is 4. The van der Waals surface area contributed by atoms with Crippen LogP contribution in [0.3, 0.4) is 0 Å². The second kappa shape index (κ2) is 9.22. The number of alkyl halides is 3. The summed E-state index contributed by atoms with van der Waals surface area (Å²) in [7, 11) is 3.10. The number of nitrogens with zero attached hydrogens (tertiary/aromatic N) is 6. The number of rotatable bonds is 5. The molecule has 0 N–H and O–H groups in total. The topological polar surface area (TPSA) is 69.4 Å². The number of hydrogen-bond donors (Lipinski definition) is 0. The van der Waals surface area contributed by atoms with Crippen LogP contribution in [-0.2, 0) is 17.5 Å². The molecule has 1 amide bonds. The van der Waals surface area contributed by atoms with Crippen molar-refractivity contribution >= 4 is 11.6 Å². The van der Waals surface area contributed by atoms with Gasteiger partial charge in [0.25, 0.3) is 0 Å². The fourth-order valence-electron chi connectivity index (χ4n) is 3.89. The standard InChI is InChI=1S/C25H21F3N6O2/c1-16-23(21-12-13-30-34(21)19-10-8-18(29-2)9-11-19)32(15-22(35)31(3)4)24(36)33(16)20-7-5-6-17(14-20)25(26,27)28/h5-14H,15H2,1,3-4H3. The van der Waals surface area contributed by atoms with E-state index in [9.17, 15) is 22.8 Å². The van der Waals surface area contributed by atoms with Gasteiger partial charge in [0.1, 0.15) is 6.54 Å². The Morgan fingerprint density at radius 1 is 1.08 bits per heavy atom. The zero-order valence-electron chi connectivity index (χ0n) is 19.6. The van der Waals surface area contributed by atoms with Gasteiger partial charge >= 0.3 is 11.9 Å². The summed E-state index contributed by atoms with van der Waals surface area (Å²) in [4.78, 5) is 30.9. The molecule has 0 aliphatic heterocycles. The van der Waals surface area contributed by atoms with E-state index in [0.717, 1.165) is 16.7 Å². The number of carbonyl (C=O) groups excluding carboxylic acids is 1. The molecule has 11 heteroatoms. The van der Waals surface area contributed by atoms with E-state index in [-0.39, 0.29) is 18.1 Å². The van der Waals surface area contributed by atoms with Crippen molar-refractivity contribution in [2.45, 2.75) is 19.6 Å². The lowest BCUT2D eigenvalue weighted by Crippen LogP contribution is -2.32. The molecule has 0 atom stereocenters. The van der Waals surface area contributed by atoms with Crippen molar-refractivity contribution in [3.8, 4) is 22.8 Å². The van der Waals surface area contributed by atoms with Crippen molar-refractivity contribution in [1.29, 1.82) is 0 Å². The van der Waals surface area contributed by atoms with Gasteiger partial charge in [0.05, 0.1) is 46.8 Å². The summed E-state index contributed by atoms with van der Waals surface area (Å²) in [5.74, 6) is -0.369. The van der Waals surface area contributed by atoms with Gasteiger partial charge in [-0.2, -0.15) is 18.3 Å². The van der Waals surface area contributed by atoms with E-state index in [1.165, 1.54) is 27.8 Å². The highest BCUT2D eigenvalue weighted by Crippen LogP contribution is 2.32. The zero-order chi connectivity index (χ0) is 26.2. The molecule has 2 aromatic heterocycles. The van der Waals surface area contributed by atoms with Gasteiger partial charge in [0.2, 0.25) is 5.91 Å². The molecule has 0 aliphatic rings. The van der Waals surface area contributed by atoms with Gasteiger partial charge in [-0.15, -0.1) is 0 Å². The molecule has 0 saturated heterocycles. The minimum absolute atomic E-state index is 0.0251. The summed E-state index contributed by atoms with van der Waals surface area (Å²) in [5, 5.41) is 4.34. The van der Waals surface area contributed by atoms with Crippen LogP contribution in [0.25, 0.3) is 27.6 Å². The fraction of sp³-hybridized carbons (Fsp3) is 0.200. The third-order valence-electron chi connectivity index (χ3n) is 5.70. The Hall–Kier alpha value is -4.59. The summed E-state index contributed by atoms with van der Waals surface area (Å²) >= 11 is 0. The quantitative estimate of drug-likeness (QED) is 0.385. The molecular weight excluding hydrogens is 473 g/mol. The first-order chi connectivity index (χ1) is 17.0. The Bertz CT molecular complexity index is 1540. The van der Waals surface area contributed by atoms with Gasteiger partial charge in [-0.25, -0.2) is 14.3 Å². The van der Waals surface area contributed by atoms with Gasteiger partial charge < -0.3 is 4.90 Å². The molecule has 184 valence electrons. The number of amides is 1. The van der Waals surface area contributed by atoms with E-state index >= 15 is 0 Å². The number of hydrogen-bond acceptors (Lipinski definition) is 3. The molecule has 0 aliphatic carbocycles. The first-order valence-electron chi connectivity index (χ1n) is 10.7. The summed E-state index contributed by atoms with van der Waals surface area (Å²) in [6.07, 6.45) is -3.07.